The van der Waals surface area contributed by atoms with Crippen molar-refractivity contribution < 1.29 is 9.32 Å². The molecule has 4 rings (SSSR count). The number of hydrogen-bond acceptors (Lipinski definition) is 4. The quantitative estimate of drug-likeness (QED) is 0.774. The molecule has 26 heavy (non-hydrogen) atoms. The van der Waals surface area contributed by atoms with E-state index >= 15 is 0 Å². The Morgan fingerprint density at radius 2 is 1.92 bits per heavy atom. The molecule has 0 saturated heterocycles. The van der Waals surface area contributed by atoms with Crippen LogP contribution in [0.15, 0.2) is 47.2 Å². The molecule has 1 N–H and O–H groups in total. The van der Waals surface area contributed by atoms with E-state index in [0.717, 1.165) is 24.0 Å². The first kappa shape index (κ1) is 16.5. The lowest BCUT2D eigenvalue weighted by Crippen LogP contribution is -2.27. The number of nitrogens with zero attached hydrogens (tertiary/aromatic N) is 2. The van der Waals surface area contributed by atoms with Gasteiger partial charge in [0.1, 0.15) is 17.0 Å². The second kappa shape index (κ2) is 6.75. The first-order chi connectivity index (χ1) is 12.6. The highest BCUT2D eigenvalue weighted by Gasteiger charge is 2.23. The predicted molar refractivity (Wildman–Crippen MR) is 98.8 cm³/mol. The zero-order valence-corrected chi connectivity index (χ0v) is 15.0. The lowest BCUT2D eigenvalue weighted by atomic mass is 10.0. The first-order valence-corrected chi connectivity index (χ1v) is 8.92. The molecule has 1 aromatic carbocycles. The number of aromatic nitrogens is 2. The smallest absolute Gasteiger partial charge is 0.257 e. The number of carbonyl (C=O) groups excluding carboxylic acids is 1. The van der Waals surface area contributed by atoms with Gasteiger partial charge in [-0.1, -0.05) is 23.4 Å². The zero-order chi connectivity index (χ0) is 18.1. The van der Waals surface area contributed by atoms with E-state index in [1.807, 2.05) is 19.1 Å². The summed E-state index contributed by atoms with van der Waals surface area (Å²) in [6.45, 7) is 3.76. The molecule has 1 aliphatic rings. The molecule has 5 nitrogen and oxygen atoms in total. The van der Waals surface area contributed by atoms with Crippen molar-refractivity contribution in [2.75, 3.05) is 0 Å². The summed E-state index contributed by atoms with van der Waals surface area (Å²) in [5.74, 6) is 0.332. The molecule has 2 heterocycles. The molecule has 0 fully saturated rings. The number of carbonyl (C=O) groups is 1. The maximum absolute atomic E-state index is 12.9. The van der Waals surface area contributed by atoms with Gasteiger partial charge in [0.25, 0.3) is 5.91 Å². The molecule has 0 saturated carbocycles. The number of amides is 1. The fraction of sp³-hybridized carbons (Fsp3) is 0.286. The van der Waals surface area contributed by atoms with E-state index in [9.17, 15) is 4.79 Å². The van der Waals surface area contributed by atoms with Gasteiger partial charge in [-0.05, 0) is 61.9 Å². The highest BCUT2D eigenvalue weighted by Crippen LogP contribution is 2.27. The normalized spacial score (nSPS) is 14.1. The molecule has 0 bridgehead atoms. The maximum atomic E-state index is 12.9. The molecule has 0 unspecified atom stereocenters. The van der Waals surface area contributed by atoms with Gasteiger partial charge < -0.3 is 9.84 Å². The Labute approximate surface area is 152 Å². The van der Waals surface area contributed by atoms with Gasteiger partial charge in [0.2, 0.25) is 0 Å². The van der Waals surface area contributed by atoms with Crippen LogP contribution >= 0.6 is 0 Å². The standard InChI is InChI=1S/C21H21N3O2/c1-13(17-7-6-15-4-3-5-18(15)12-17)23-21(25)19-14(2)26-24-20(19)16-8-10-22-11-9-16/h6-13H,3-5H2,1-2H3,(H,23,25)/t13-/m0/s1. The van der Waals surface area contributed by atoms with Crippen LogP contribution in [0.5, 0.6) is 0 Å². The van der Waals surface area contributed by atoms with Gasteiger partial charge in [-0.25, -0.2) is 0 Å². The minimum atomic E-state index is -0.177. The molecule has 0 radical (unpaired) electrons. The Bertz CT molecular complexity index is 947. The molecule has 0 spiro atoms. The lowest BCUT2D eigenvalue weighted by Gasteiger charge is -2.16. The van der Waals surface area contributed by atoms with E-state index in [0.29, 0.717) is 17.0 Å². The van der Waals surface area contributed by atoms with Gasteiger partial charge in [-0.2, -0.15) is 0 Å². The number of rotatable bonds is 4. The Kier molecular flexibility index (Phi) is 4.29. The van der Waals surface area contributed by atoms with E-state index in [1.54, 1.807) is 19.3 Å². The number of aryl methyl sites for hydroxylation is 3. The molecule has 132 valence electrons. The highest BCUT2D eigenvalue weighted by molar-refractivity contribution is 6.00. The summed E-state index contributed by atoms with van der Waals surface area (Å²) < 4.78 is 5.29. The van der Waals surface area contributed by atoms with E-state index in [4.69, 9.17) is 4.52 Å². The second-order valence-corrected chi connectivity index (χ2v) is 6.78. The monoisotopic (exact) mass is 347 g/mol. The van der Waals surface area contributed by atoms with Crippen molar-refractivity contribution in [3.8, 4) is 11.3 Å². The van der Waals surface area contributed by atoms with Crippen LogP contribution < -0.4 is 5.32 Å². The van der Waals surface area contributed by atoms with Gasteiger partial charge >= 0.3 is 0 Å². The molecule has 0 aliphatic heterocycles. The Balaban J connectivity index is 1.58. The summed E-state index contributed by atoms with van der Waals surface area (Å²) >= 11 is 0. The van der Waals surface area contributed by atoms with Crippen molar-refractivity contribution in [1.29, 1.82) is 0 Å². The fourth-order valence-electron chi connectivity index (χ4n) is 3.56. The number of nitrogens with one attached hydrogen (secondary N) is 1. The summed E-state index contributed by atoms with van der Waals surface area (Å²) in [6.07, 6.45) is 6.85. The van der Waals surface area contributed by atoms with Crippen molar-refractivity contribution in [2.45, 2.75) is 39.2 Å². The summed E-state index contributed by atoms with van der Waals surface area (Å²) in [7, 11) is 0. The van der Waals surface area contributed by atoms with E-state index < -0.39 is 0 Å². The van der Waals surface area contributed by atoms with Gasteiger partial charge in [0, 0.05) is 18.0 Å². The number of fused-ring (bicyclic) bond motifs is 1. The van der Waals surface area contributed by atoms with Crippen LogP contribution in [-0.2, 0) is 12.8 Å². The van der Waals surface area contributed by atoms with Crippen LogP contribution in [-0.4, -0.2) is 16.0 Å². The Hall–Kier alpha value is -2.95. The zero-order valence-electron chi connectivity index (χ0n) is 15.0. The topological polar surface area (TPSA) is 68.0 Å². The van der Waals surface area contributed by atoms with E-state index in [2.05, 4.69) is 33.7 Å². The lowest BCUT2D eigenvalue weighted by molar-refractivity contribution is 0.0939. The van der Waals surface area contributed by atoms with Crippen LogP contribution in [0.4, 0.5) is 0 Å². The average molecular weight is 347 g/mol. The summed E-state index contributed by atoms with van der Waals surface area (Å²) in [4.78, 5) is 16.9. The van der Waals surface area contributed by atoms with Gasteiger partial charge in [0.15, 0.2) is 0 Å². The SMILES string of the molecule is Cc1onc(-c2ccncc2)c1C(=O)N[C@@H](C)c1ccc2c(c1)CCC2. The van der Waals surface area contributed by atoms with Crippen molar-refractivity contribution in [2.24, 2.45) is 0 Å². The third-order valence-corrected chi connectivity index (χ3v) is 5.01. The number of hydrogen-bond donors (Lipinski definition) is 1. The van der Waals surface area contributed by atoms with Crippen LogP contribution in [0.25, 0.3) is 11.3 Å². The molecule has 1 aliphatic carbocycles. The minimum absolute atomic E-state index is 0.0898. The van der Waals surface area contributed by atoms with Crippen molar-refractivity contribution in [3.63, 3.8) is 0 Å². The third-order valence-electron chi connectivity index (χ3n) is 5.01. The van der Waals surface area contributed by atoms with Crippen LogP contribution in [0, 0.1) is 6.92 Å². The summed E-state index contributed by atoms with van der Waals surface area (Å²) in [5, 5.41) is 7.16. The molecule has 2 aromatic heterocycles. The second-order valence-electron chi connectivity index (χ2n) is 6.78. The molecule has 5 heteroatoms. The Morgan fingerprint density at radius 3 is 2.73 bits per heavy atom. The van der Waals surface area contributed by atoms with Crippen molar-refractivity contribution >= 4 is 5.91 Å². The highest BCUT2D eigenvalue weighted by atomic mass is 16.5. The predicted octanol–water partition coefficient (Wildman–Crippen LogP) is 4.02. The van der Waals surface area contributed by atoms with Gasteiger partial charge in [-0.15, -0.1) is 0 Å². The van der Waals surface area contributed by atoms with Crippen LogP contribution in [0.1, 0.15) is 52.2 Å². The summed E-state index contributed by atoms with van der Waals surface area (Å²) in [6, 6.07) is 10.1. The molecule has 1 atom stereocenters. The number of benzene rings is 1. The fourth-order valence-corrected chi connectivity index (χ4v) is 3.56. The number of pyridine rings is 1. The van der Waals surface area contributed by atoms with Crippen LogP contribution in [0.3, 0.4) is 0 Å². The Morgan fingerprint density at radius 1 is 1.15 bits per heavy atom. The van der Waals surface area contributed by atoms with Crippen LogP contribution in [0.2, 0.25) is 0 Å². The van der Waals surface area contributed by atoms with Gasteiger partial charge in [0.05, 0.1) is 6.04 Å². The van der Waals surface area contributed by atoms with E-state index in [-0.39, 0.29) is 11.9 Å². The molecule has 3 aromatic rings. The third kappa shape index (κ3) is 3.01. The van der Waals surface area contributed by atoms with Crippen molar-refractivity contribution in [3.05, 3.63) is 70.7 Å². The average Bonchev–Trinajstić information content (AvgIpc) is 3.28. The largest absolute Gasteiger partial charge is 0.360 e. The molecular weight excluding hydrogens is 326 g/mol. The van der Waals surface area contributed by atoms with Crippen molar-refractivity contribution in [1.82, 2.24) is 15.5 Å². The van der Waals surface area contributed by atoms with E-state index in [1.165, 1.54) is 17.5 Å². The molecular formula is C21H21N3O2. The summed E-state index contributed by atoms with van der Waals surface area (Å²) in [5.41, 5.74) is 5.79. The minimum Gasteiger partial charge on any atom is -0.360 e. The first-order valence-electron chi connectivity index (χ1n) is 8.92. The molecule has 1 amide bonds. The van der Waals surface area contributed by atoms with Gasteiger partial charge in [-0.3, -0.25) is 9.78 Å². The maximum Gasteiger partial charge on any atom is 0.257 e.